The van der Waals surface area contributed by atoms with Gasteiger partial charge in [0, 0.05) is 63.8 Å². The largest absolute Gasteiger partial charge is 0.378 e. The lowest BCUT2D eigenvalue weighted by molar-refractivity contribution is 0.0929. The number of aryl methyl sites for hydroxylation is 1. The van der Waals surface area contributed by atoms with E-state index in [0.29, 0.717) is 12.1 Å². The standard InChI is InChI=1S/C28H33FN4O/c1-21-6-4-5-7-26(21)28(34)30-20-27(22-8-12-24(13-9-22)31(2)3)33-18-16-32(17-19-33)25-14-10-23(29)11-15-25/h4-15,27H,16-20H2,1-3H3,(H,30,34)/t27-/m0/s1. The summed E-state index contributed by atoms with van der Waals surface area (Å²) in [5.41, 5.74) is 5.06. The third-order valence-corrected chi connectivity index (χ3v) is 6.59. The van der Waals surface area contributed by atoms with Crippen LogP contribution in [0.4, 0.5) is 15.8 Å². The third-order valence-electron chi connectivity index (χ3n) is 6.59. The molecule has 34 heavy (non-hydrogen) atoms. The van der Waals surface area contributed by atoms with Crippen LogP contribution in [0.5, 0.6) is 0 Å². The summed E-state index contributed by atoms with van der Waals surface area (Å²) < 4.78 is 13.3. The van der Waals surface area contributed by atoms with Gasteiger partial charge in [0.15, 0.2) is 0 Å². The molecule has 1 aliphatic rings. The van der Waals surface area contributed by atoms with Crippen LogP contribution >= 0.6 is 0 Å². The van der Waals surface area contributed by atoms with E-state index in [4.69, 9.17) is 0 Å². The molecule has 1 N–H and O–H groups in total. The Kier molecular flexibility index (Phi) is 7.48. The van der Waals surface area contributed by atoms with E-state index in [0.717, 1.165) is 43.1 Å². The molecule has 0 unspecified atom stereocenters. The van der Waals surface area contributed by atoms with Gasteiger partial charge in [-0.2, -0.15) is 0 Å². The van der Waals surface area contributed by atoms with Crippen LogP contribution in [0, 0.1) is 12.7 Å². The summed E-state index contributed by atoms with van der Waals surface area (Å²) in [5, 5.41) is 3.18. The van der Waals surface area contributed by atoms with Crippen molar-refractivity contribution in [3.05, 3.63) is 95.3 Å². The SMILES string of the molecule is Cc1ccccc1C(=O)NC[C@@H](c1ccc(N(C)C)cc1)N1CCN(c2ccc(F)cc2)CC1. The minimum atomic E-state index is -0.215. The van der Waals surface area contributed by atoms with E-state index < -0.39 is 0 Å². The third kappa shape index (κ3) is 5.57. The maximum absolute atomic E-state index is 13.3. The highest BCUT2D eigenvalue weighted by molar-refractivity contribution is 5.95. The number of halogens is 1. The van der Waals surface area contributed by atoms with Gasteiger partial charge in [0.25, 0.3) is 5.91 Å². The van der Waals surface area contributed by atoms with Gasteiger partial charge in [-0.15, -0.1) is 0 Å². The number of piperazine rings is 1. The molecular formula is C28H33FN4O. The normalized spacial score (nSPS) is 15.1. The van der Waals surface area contributed by atoms with Crippen molar-refractivity contribution in [3.63, 3.8) is 0 Å². The minimum absolute atomic E-state index is 0.0436. The van der Waals surface area contributed by atoms with Crippen molar-refractivity contribution in [2.24, 2.45) is 0 Å². The van der Waals surface area contributed by atoms with Crippen molar-refractivity contribution in [2.75, 3.05) is 56.6 Å². The average Bonchev–Trinajstić information content (AvgIpc) is 2.85. The second-order valence-electron chi connectivity index (χ2n) is 9.03. The van der Waals surface area contributed by atoms with Gasteiger partial charge >= 0.3 is 0 Å². The van der Waals surface area contributed by atoms with E-state index in [9.17, 15) is 9.18 Å². The van der Waals surface area contributed by atoms with E-state index in [2.05, 4.69) is 44.3 Å². The molecule has 1 aliphatic heterocycles. The van der Waals surface area contributed by atoms with Gasteiger partial charge in [-0.25, -0.2) is 4.39 Å². The number of nitrogens with one attached hydrogen (secondary N) is 1. The van der Waals surface area contributed by atoms with Crippen molar-refractivity contribution in [2.45, 2.75) is 13.0 Å². The molecule has 1 heterocycles. The molecule has 1 saturated heterocycles. The summed E-state index contributed by atoms with van der Waals surface area (Å²) in [7, 11) is 4.06. The zero-order valence-corrected chi connectivity index (χ0v) is 20.2. The first-order valence-electron chi connectivity index (χ1n) is 11.8. The molecule has 3 aromatic carbocycles. The quantitative estimate of drug-likeness (QED) is 0.564. The fraction of sp³-hybridized carbons (Fsp3) is 0.321. The molecule has 0 saturated carbocycles. The Morgan fingerprint density at radius 3 is 2.21 bits per heavy atom. The summed E-state index contributed by atoms with van der Waals surface area (Å²) in [5.74, 6) is -0.258. The van der Waals surface area contributed by atoms with Crippen LogP contribution in [0.3, 0.4) is 0 Å². The maximum Gasteiger partial charge on any atom is 0.251 e. The Bertz CT molecular complexity index is 1090. The van der Waals surface area contributed by atoms with Gasteiger partial charge in [0.2, 0.25) is 0 Å². The number of amides is 1. The fourth-order valence-corrected chi connectivity index (χ4v) is 4.51. The van der Waals surface area contributed by atoms with E-state index in [-0.39, 0.29) is 17.8 Å². The molecule has 1 amide bonds. The van der Waals surface area contributed by atoms with Crippen molar-refractivity contribution < 1.29 is 9.18 Å². The zero-order valence-electron chi connectivity index (χ0n) is 20.2. The van der Waals surface area contributed by atoms with Crippen LogP contribution in [-0.4, -0.2) is 57.6 Å². The summed E-state index contributed by atoms with van der Waals surface area (Å²) in [6.07, 6.45) is 0. The highest BCUT2D eigenvalue weighted by atomic mass is 19.1. The zero-order chi connectivity index (χ0) is 24.1. The molecule has 0 spiro atoms. The Morgan fingerprint density at radius 1 is 0.941 bits per heavy atom. The van der Waals surface area contributed by atoms with E-state index >= 15 is 0 Å². The van der Waals surface area contributed by atoms with Gasteiger partial charge in [-0.05, 0) is 60.5 Å². The summed E-state index contributed by atoms with van der Waals surface area (Å²) in [6, 6.07) is 23.0. The number of anilines is 2. The molecule has 0 aromatic heterocycles. The first-order valence-corrected chi connectivity index (χ1v) is 11.8. The summed E-state index contributed by atoms with van der Waals surface area (Å²) >= 11 is 0. The van der Waals surface area contributed by atoms with Crippen LogP contribution < -0.4 is 15.1 Å². The van der Waals surface area contributed by atoms with Crippen molar-refractivity contribution in [3.8, 4) is 0 Å². The van der Waals surface area contributed by atoms with E-state index in [1.807, 2.05) is 57.4 Å². The monoisotopic (exact) mass is 460 g/mol. The first kappa shape index (κ1) is 23.8. The van der Waals surface area contributed by atoms with Crippen LogP contribution in [0.2, 0.25) is 0 Å². The summed E-state index contributed by atoms with van der Waals surface area (Å²) in [4.78, 5) is 19.7. The average molecular weight is 461 g/mol. The van der Waals surface area contributed by atoms with Gasteiger partial charge in [-0.3, -0.25) is 9.69 Å². The second kappa shape index (κ2) is 10.7. The van der Waals surface area contributed by atoms with Crippen LogP contribution in [0.25, 0.3) is 0 Å². The Balaban J connectivity index is 1.49. The molecule has 4 rings (SSSR count). The predicted octanol–water partition coefficient (Wildman–Crippen LogP) is 4.49. The number of carbonyl (C=O) groups is 1. The number of carbonyl (C=O) groups excluding carboxylic acids is 1. The lowest BCUT2D eigenvalue weighted by atomic mass is 10.0. The summed E-state index contributed by atoms with van der Waals surface area (Å²) in [6.45, 7) is 5.91. The number of hydrogen-bond acceptors (Lipinski definition) is 4. The van der Waals surface area contributed by atoms with Crippen molar-refractivity contribution >= 4 is 17.3 Å². The van der Waals surface area contributed by atoms with Crippen molar-refractivity contribution in [1.82, 2.24) is 10.2 Å². The fourth-order valence-electron chi connectivity index (χ4n) is 4.51. The number of rotatable bonds is 7. The Labute approximate surface area is 201 Å². The van der Waals surface area contributed by atoms with Crippen LogP contribution in [-0.2, 0) is 0 Å². The molecule has 178 valence electrons. The number of hydrogen-bond donors (Lipinski definition) is 1. The maximum atomic E-state index is 13.3. The molecule has 3 aromatic rings. The molecule has 6 heteroatoms. The Hall–Kier alpha value is -3.38. The number of nitrogens with zero attached hydrogens (tertiary/aromatic N) is 3. The van der Waals surface area contributed by atoms with E-state index in [1.165, 1.54) is 17.7 Å². The lowest BCUT2D eigenvalue weighted by Gasteiger charge is -2.40. The predicted molar refractivity (Wildman–Crippen MR) is 137 cm³/mol. The van der Waals surface area contributed by atoms with E-state index in [1.54, 1.807) is 0 Å². The molecule has 1 fully saturated rings. The second-order valence-corrected chi connectivity index (χ2v) is 9.03. The lowest BCUT2D eigenvalue weighted by Crippen LogP contribution is -2.50. The molecule has 1 atom stereocenters. The topological polar surface area (TPSA) is 38.8 Å². The smallest absolute Gasteiger partial charge is 0.251 e. The number of benzene rings is 3. The highest BCUT2D eigenvalue weighted by Gasteiger charge is 2.26. The minimum Gasteiger partial charge on any atom is -0.378 e. The molecule has 0 aliphatic carbocycles. The van der Waals surface area contributed by atoms with Gasteiger partial charge in [0.1, 0.15) is 5.82 Å². The molecule has 0 radical (unpaired) electrons. The molecular weight excluding hydrogens is 427 g/mol. The van der Waals surface area contributed by atoms with Gasteiger partial charge in [-0.1, -0.05) is 30.3 Å². The van der Waals surface area contributed by atoms with Crippen LogP contribution in [0.15, 0.2) is 72.8 Å². The molecule has 0 bridgehead atoms. The van der Waals surface area contributed by atoms with Gasteiger partial charge < -0.3 is 15.1 Å². The highest BCUT2D eigenvalue weighted by Crippen LogP contribution is 2.26. The molecule has 5 nitrogen and oxygen atoms in total. The van der Waals surface area contributed by atoms with Crippen LogP contribution in [0.1, 0.15) is 27.5 Å². The Morgan fingerprint density at radius 2 is 1.59 bits per heavy atom. The van der Waals surface area contributed by atoms with Crippen molar-refractivity contribution in [1.29, 1.82) is 0 Å². The first-order chi connectivity index (χ1) is 16.4. The van der Waals surface area contributed by atoms with Gasteiger partial charge in [0.05, 0.1) is 6.04 Å².